The van der Waals surface area contributed by atoms with Gasteiger partial charge in [0.15, 0.2) is 0 Å². The molecular weight excluding hydrogens is 312 g/mol. The van der Waals surface area contributed by atoms with Gasteiger partial charge < -0.3 is 10.2 Å². The summed E-state index contributed by atoms with van der Waals surface area (Å²) >= 11 is 1.61. The Morgan fingerprint density at radius 3 is 3.13 bits per heavy atom. The van der Waals surface area contributed by atoms with E-state index in [0.29, 0.717) is 23.7 Å². The Kier molecular flexibility index (Phi) is 4.85. The van der Waals surface area contributed by atoms with Crippen LogP contribution in [0.4, 0.5) is 0 Å². The number of hydrogen-bond donors (Lipinski definition) is 1. The summed E-state index contributed by atoms with van der Waals surface area (Å²) in [5.74, 6) is 0.984. The van der Waals surface area contributed by atoms with Gasteiger partial charge in [0.1, 0.15) is 6.04 Å². The second kappa shape index (κ2) is 7.04. The fourth-order valence-electron chi connectivity index (χ4n) is 2.62. The maximum Gasteiger partial charge on any atom is 0.259 e. The van der Waals surface area contributed by atoms with Gasteiger partial charge in [0.05, 0.1) is 23.2 Å². The lowest BCUT2D eigenvalue weighted by molar-refractivity contribution is -0.124. The number of carbonyl (C=O) groups is 2. The van der Waals surface area contributed by atoms with Crippen LogP contribution in [-0.2, 0) is 4.79 Å². The van der Waals surface area contributed by atoms with E-state index < -0.39 is 6.04 Å². The number of amides is 2. The third kappa shape index (κ3) is 3.19. The van der Waals surface area contributed by atoms with Crippen molar-refractivity contribution in [2.45, 2.75) is 25.8 Å². The molecule has 6 nitrogen and oxygen atoms in total. The van der Waals surface area contributed by atoms with Crippen LogP contribution in [0.25, 0.3) is 5.52 Å². The topological polar surface area (TPSA) is 66.7 Å². The fraction of sp³-hybridized carbons (Fsp3) is 0.438. The van der Waals surface area contributed by atoms with Gasteiger partial charge in [-0.2, -0.15) is 5.10 Å². The monoisotopic (exact) mass is 332 g/mol. The van der Waals surface area contributed by atoms with Crippen LogP contribution in [0.1, 0.15) is 30.1 Å². The summed E-state index contributed by atoms with van der Waals surface area (Å²) in [6.07, 6.45) is 5.37. The van der Waals surface area contributed by atoms with Crippen molar-refractivity contribution in [2.24, 2.45) is 0 Å². The van der Waals surface area contributed by atoms with Gasteiger partial charge >= 0.3 is 0 Å². The highest BCUT2D eigenvalue weighted by molar-refractivity contribution is 7.99. The molecule has 0 radical (unpaired) electrons. The molecule has 122 valence electrons. The Morgan fingerprint density at radius 2 is 2.30 bits per heavy atom. The molecule has 1 atom stereocenters. The third-order valence-corrected chi connectivity index (χ3v) is 4.94. The van der Waals surface area contributed by atoms with Gasteiger partial charge in [-0.05, 0) is 18.6 Å². The van der Waals surface area contributed by atoms with E-state index in [1.807, 2.05) is 18.2 Å². The van der Waals surface area contributed by atoms with Gasteiger partial charge in [0.2, 0.25) is 5.91 Å². The lowest BCUT2D eigenvalue weighted by Crippen LogP contribution is -2.47. The standard InChI is InChI=1S/C16H20N4O2S/c1-2-3-7-17-15(21)14-10-23-11-19(14)16(22)12-9-18-20-8-5-4-6-13(12)20/h4-6,8-9,14H,2-3,7,10-11H2,1H3,(H,17,21). The van der Waals surface area contributed by atoms with Crippen LogP contribution in [0.15, 0.2) is 30.6 Å². The van der Waals surface area contributed by atoms with Crippen molar-refractivity contribution in [3.63, 3.8) is 0 Å². The first kappa shape index (κ1) is 15.9. The number of nitrogens with zero attached hydrogens (tertiary/aromatic N) is 3. The molecule has 2 aromatic heterocycles. The summed E-state index contributed by atoms with van der Waals surface area (Å²) in [5, 5.41) is 7.13. The van der Waals surface area contributed by atoms with Crippen molar-refractivity contribution < 1.29 is 9.59 Å². The Balaban J connectivity index is 1.77. The molecule has 0 bridgehead atoms. The molecule has 0 spiro atoms. The van der Waals surface area contributed by atoms with Crippen molar-refractivity contribution in [1.82, 2.24) is 19.8 Å². The minimum atomic E-state index is -0.400. The number of nitrogens with one attached hydrogen (secondary N) is 1. The van der Waals surface area contributed by atoms with E-state index in [1.54, 1.807) is 33.6 Å². The van der Waals surface area contributed by atoms with Gasteiger partial charge in [-0.3, -0.25) is 9.59 Å². The first-order valence-electron chi connectivity index (χ1n) is 7.81. The minimum absolute atomic E-state index is 0.0618. The van der Waals surface area contributed by atoms with Crippen LogP contribution in [0.2, 0.25) is 0 Å². The van der Waals surface area contributed by atoms with Crippen LogP contribution in [0.5, 0.6) is 0 Å². The summed E-state index contributed by atoms with van der Waals surface area (Å²) in [5.41, 5.74) is 1.30. The van der Waals surface area contributed by atoms with Crippen molar-refractivity contribution >= 4 is 29.1 Å². The highest BCUT2D eigenvalue weighted by atomic mass is 32.2. The average Bonchev–Trinajstić information content (AvgIpc) is 3.21. The Labute approximate surface area is 139 Å². The molecule has 1 aliphatic heterocycles. The van der Waals surface area contributed by atoms with Crippen LogP contribution >= 0.6 is 11.8 Å². The number of pyridine rings is 1. The van der Waals surface area contributed by atoms with Gasteiger partial charge in [0, 0.05) is 18.5 Å². The number of unbranched alkanes of at least 4 members (excludes halogenated alkanes) is 1. The first-order chi connectivity index (χ1) is 11.2. The van der Waals surface area contributed by atoms with Gasteiger partial charge in [-0.1, -0.05) is 19.4 Å². The number of rotatable bonds is 5. The molecule has 0 aliphatic carbocycles. The van der Waals surface area contributed by atoms with Gasteiger partial charge in [-0.15, -0.1) is 11.8 Å². The summed E-state index contributed by atoms with van der Waals surface area (Å²) < 4.78 is 1.67. The zero-order chi connectivity index (χ0) is 16.2. The molecular formula is C16H20N4O2S. The summed E-state index contributed by atoms with van der Waals surface area (Å²) in [7, 11) is 0. The molecule has 0 aromatic carbocycles. The molecule has 2 amide bonds. The van der Waals surface area contributed by atoms with E-state index in [2.05, 4.69) is 17.3 Å². The number of aromatic nitrogens is 2. The van der Waals surface area contributed by atoms with E-state index in [4.69, 9.17) is 0 Å². The van der Waals surface area contributed by atoms with E-state index in [0.717, 1.165) is 18.4 Å². The SMILES string of the molecule is CCCCNC(=O)C1CSCN1C(=O)c1cnn2ccccc12. The third-order valence-electron chi connectivity index (χ3n) is 3.93. The number of thioether (sulfide) groups is 1. The molecule has 2 aromatic rings. The zero-order valence-corrected chi connectivity index (χ0v) is 13.9. The fourth-order valence-corrected chi connectivity index (χ4v) is 3.77. The molecule has 7 heteroatoms. The van der Waals surface area contributed by atoms with Gasteiger partial charge in [0.25, 0.3) is 5.91 Å². The first-order valence-corrected chi connectivity index (χ1v) is 8.96. The van der Waals surface area contributed by atoms with Crippen molar-refractivity contribution in [2.75, 3.05) is 18.2 Å². The number of hydrogen-bond acceptors (Lipinski definition) is 4. The minimum Gasteiger partial charge on any atom is -0.354 e. The Hall–Kier alpha value is -2.02. The largest absolute Gasteiger partial charge is 0.354 e. The van der Waals surface area contributed by atoms with Crippen molar-refractivity contribution in [3.05, 3.63) is 36.2 Å². The van der Waals surface area contributed by atoms with E-state index in [-0.39, 0.29) is 11.8 Å². The molecule has 1 fully saturated rings. The van der Waals surface area contributed by atoms with E-state index >= 15 is 0 Å². The van der Waals surface area contributed by atoms with Crippen LogP contribution in [0, 0.1) is 0 Å². The van der Waals surface area contributed by atoms with Crippen LogP contribution in [0.3, 0.4) is 0 Å². The molecule has 0 saturated carbocycles. The Morgan fingerprint density at radius 1 is 1.43 bits per heavy atom. The normalized spacial score (nSPS) is 17.6. The molecule has 1 aliphatic rings. The second-order valence-corrected chi connectivity index (χ2v) is 6.52. The number of carbonyl (C=O) groups excluding carboxylic acids is 2. The predicted octanol–water partition coefficient (Wildman–Crippen LogP) is 1.77. The predicted molar refractivity (Wildman–Crippen MR) is 90.4 cm³/mol. The van der Waals surface area contributed by atoms with Gasteiger partial charge in [-0.25, -0.2) is 4.52 Å². The summed E-state index contributed by atoms with van der Waals surface area (Å²) in [6.45, 7) is 2.74. The molecule has 1 N–H and O–H groups in total. The smallest absolute Gasteiger partial charge is 0.259 e. The van der Waals surface area contributed by atoms with Crippen molar-refractivity contribution in [1.29, 1.82) is 0 Å². The van der Waals surface area contributed by atoms with Crippen LogP contribution in [-0.4, -0.2) is 50.5 Å². The summed E-state index contributed by atoms with van der Waals surface area (Å²) in [6, 6.07) is 5.20. The lowest BCUT2D eigenvalue weighted by atomic mass is 10.2. The quantitative estimate of drug-likeness (QED) is 0.848. The average molecular weight is 332 g/mol. The van der Waals surface area contributed by atoms with E-state index in [9.17, 15) is 9.59 Å². The summed E-state index contributed by atoms with van der Waals surface area (Å²) in [4.78, 5) is 26.8. The molecule has 23 heavy (non-hydrogen) atoms. The molecule has 1 saturated heterocycles. The second-order valence-electron chi connectivity index (χ2n) is 5.52. The molecule has 1 unspecified atom stereocenters. The maximum absolute atomic E-state index is 12.8. The maximum atomic E-state index is 12.8. The highest BCUT2D eigenvalue weighted by Gasteiger charge is 2.35. The lowest BCUT2D eigenvalue weighted by Gasteiger charge is -2.22. The molecule has 3 rings (SSSR count). The highest BCUT2D eigenvalue weighted by Crippen LogP contribution is 2.24. The Bertz CT molecular complexity index is 715. The van der Waals surface area contributed by atoms with E-state index in [1.165, 1.54) is 0 Å². The number of fused-ring (bicyclic) bond motifs is 1. The van der Waals surface area contributed by atoms with Crippen LogP contribution < -0.4 is 5.32 Å². The van der Waals surface area contributed by atoms with Crippen molar-refractivity contribution in [3.8, 4) is 0 Å². The molecule has 3 heterocycles. The zero-order valence-electron chi connectivity index (χ0n) is 13.1.